The third-order valence-electron chi connectivity index (χ3n) is 1.69. The first kappa shape index (κ1) is 9.00. The van der Waals surface area contributed by atoms with Crippen molar-refractivity contribution < 1.29 is 14.2 Å². The number of hydrogen-bond donors (Lipinski definition) is 1. The largest absolute Gasteiger partial charge is 0.496 e. The van der Waals surface area contributed by atoms with E-state index < -0.39 is 0 Å². The third-order valence-corrected chi connectivity index (χ3v) is 1.69. The second kappa shape index (κ2) is 3.54. The minimum Gasteiger partial charge on any atom is -0.496 e. The lowest BCUT2D eigenvalue weighted by Gasteiger charge is -2.08. The van der Waals surface area contributed by atoms with Crippen LogP contribution in [0, 0.1) is 12.7 Å². The highest BCUT2D eigenvalue weighted by molar-refractivity contribution is 5.40. The molecule has 0 aromatic heterocycles. The Balaban J connectivity index is 3.24. The predicted octanol–water partition coefficient (Wildman–Crippen LogP) is 1.64. The number of rotatable bonds is 2. The zero-order valence-electron chi connectivity index (χ0n) is 7.10. The maximum atomic E-state index is 12.8. The predicted molar refractivity (Wildman–Crippen MR) is 43.6 cm³/mol. The second-order valence-corrected chi connectivity index (χ2v) is 2.57. The average Bonchev–Trinajstić information content (AvgIpc) is 2.03. The van der Waals surface area contributed by atoms with E-state index in [1.165, 1.54) is 19.2 Å². The van der Waals surface area contributed by atoms with Gasteiger partial charge in [0, 0.05) is 5.56 Å². The molecular weight excluding hydrogens is 159 g/mol. The van der Waals surface area contributed by atoms with Crippen LogP contribution in [0.25, 0.3) is 0 Å². The summed E-state index contributed by atoms with van der Waals surface area (Å²) in [5.41, 5.74) is 1.18. The van der Waals surface area contributed by atoms with Gasteiger partial charge in [0.2, 0.25) is 0 Å². The van der Waals surface area contributed by atoms with Crippen molar-refractivity contribution in [1.82, 2.24) is 0 Å². The van der Waals surface area contributed by atoms with Gasteiger partial charge in [-0.1, -0.05) is 0 Å². The van der Waals surface area contributed by atoms with E-state index in [0.717, 1.165) is 0 Å². The first-order chi connectivity index (χ1) is 5.69. The number of hydrogen-bond acceptors (Lipinski definition) is 2. The van der Waals surface area contributed by atoms with Gasteiger partial charge < -0.3 is 9.84 Å². The molecule has 0 fully saturated rings. The van der Waals surface area contributed by atoms with Gasteiger partial charge in [-0.2, -0.15) is 0 Å². The number of aliphatic hydroxyl groups is 1. The zero-order valence-corrected chi connectivity index (χ0v) is 7.10. The molecule has 0 saturated heterocycles. The number of aryl methyl sites for hydroxylation is 1. The minimum absolute atomic E-state index is 0.207. The molecule has 1 aromatic carbocycles. The van der Waals surface area contributed by atoms with Crippen LogP contribution in [0.1, 0.15) is 11.1 Å². The van der Waals surface area contributed by atoms with E-state index in [1.54, 1.807) is 6.92 Å². The van der Waals surface area contributed by atoms with E-state index in [9.17, 15) is 4.39 Å². The fraction of sp³-hybridized carbons (Fsp3) is 0.333. The van der Waals surface area contributed by atoms with Crippen molar-refractivity contribution in [2.24, 2.45) is 0 Å². The van der Waals surface area contributed by atoms with E-state index in [-0.39, 0.29) is 12.4 Å². The van der Waals surface area contributed by atoms with Crippen molar-refractivity contribution in [3.8, 4) is 5.75 Å². The smallest absolute Gasteiger partial charge is 0.127 e. The molecule has 0 heterocycles. The Morgan fingerprint density at radius 3 is 2.67 bits per heavy atom. The Labute approximate surface area is 70.6 Å². The van der Waals surface area contributed by atoms with Gasteiger partial charge in [-0.25, -0.2) is 4.39 Å². The molecule has 0 unspecified atom stereocenters. The zero-order chi connectivity index (χ0) is 9.14. The van der Waals surface area contributed by atoms with Crippen LogP contribution < -0.4 is 4.74 Å². The van der Waals surface area contributed by atoms with Crippen LogP contribution in [0.15, 0.2) is 12.1 Å². The summed E-state index contributed by atoms with van der Waals surface area (Å²) in [5, 5.41) is 8.85. The first-order valence-corrected chi connectivity index (χ1v) is 3.63. The molecule has 0 spiro atoms. The van der Waals surface area contributed by atoms with Crippen LogP contribution >= 0.6 is 0 Å². The molecule has 2 nitrogen and oxygen atoms in total. The van der Waals surface area contributed by atoms with Gasteiger partial charge >= 0.3 is 0 Å². The van der Waals surface area contributed by atoms with Crippen LogP contribution in [-0.4, -0.2) is 12.2 Å². The molecule has 0 bridgehead atoms. The van der Waals surface area contributed by atoms with Crippen molar-refractivity contribution in [3.63, 3.8) is 0 Å². The van der Waals surface area contributed by atoms with Crippen molar-refractivity contribution >= 4 is 0 Å². The normalized spacial score (nSPS) is 10.0. The van der Waals surface area contributed by atoms with Crippen LogP contribution in [0.5, 0.6) is 5.75 Å². The fourth-order valence-electron chi connectivity index (χ4n) is 1.21. The summed E-state index contributed by atoms with van der Waals surface area (Å²) in [6.07, 6.45) is 0. The molecule has 66 valence electrons. The van der Waals surface area contributed by atoms with Crippen LogP contribution in [0.4, 0.5) is 4.39 Å². The number of methoxy groups -OCH3 is 1. The third kappa shape index (κ3) is 1.56. The lowest BCUT2D eigenvalue weighted by Crippen LogP contribution is -1.95. The number of benzene rings is 1. The molecule has 0 aliphatic rings. The number of ether oxygens (including phenoxy) is 1. The lowest BCUT2D eigenvalue weighted by molar-refractivity contribution is 0.272. The number of halogens is 1. The van der Waals surface area contributed by atoms with Crippen molar-refractivity contribution in [1.29, 1.82) is 0 Å². The summed E-state index contributed by atoms with van der Waals surface area (Å²) in [6.45, 7) is 1.53. The van der Waals surface area contributed by atoms with Gasteiger partial charge in [0.15, 0.2) is 0 Å². The van der Waals surface area contributed by atoms with Crippen molar-refractivity contribution in [3.05, 3.63) is 29.1 Å². The maximum absolute atomic E-state index is 12.8. The van der Waals surface area contributed by atoms with Crippen LogP contribution in [0.2, 0.25) is 0 Å². The van der Waals surface area contributed by atoms with Crippen molar-refractivity contribution in [2.45, 2.75) is 13.5 Å². The lowest BCUT2D eigenvalue weighted by atomic mass is 10.1. The van der Waals surface area contributed by atoms with Gasteiger partial charge in [0.25, 0.3) is 0 Å². The molecule has 12 heavy (non-hydrogen) atoms. The summed E-state index contributed by atoms with van der Waals surface area (Å²) in [6, 6.07) is 2.64. The highest BCUT2D eigenvalue weighted by atomic mass is 19.1. The Bertz CT molecular complexity index is 284. The molecule has 0 amide bonds. The maximum Gasteiger partial charge on any atom is 0.127 e. The molecule has 0 saturated carbocycles. The molecule has 0 aliphatic carbocycles. The fourth-order valence-corrected chi connectivity index (χ4v) is 1.21. The monoisotopic (exact) mass is 170 g/mol. The first-order valence-electron chi connectivity index (χ1n) is 3.63. The van der Waals surface area contributed by atoms with Crippen molar-refractivity contribution in [2.75, 3.05) is 7.11 Å². The van der Waals surface area contributed by atoms with Gasteiger partial charge in [0.1, 0.15) is 11.6 Å². The summed E-state index contributed by atoms with van der Waals surface area (Å²) in [4.78, 5) is 0. The molecule has 0 atom stereocenters. The Morgan fingerprint density at radius 1 is 1.50 bits per heavy atom. The van der Waals surface area contributed by atoms with E-state index in [2.05, 4.69) is 0 Å². The van der Waals surface area contributed by atoms with E-state index in [0.29, 0.717) is 16.9 Å². The summed E-state index contributed by atoms with van der Waals surface area (Å²) >= 11 is 0. The molecule has 0 radical (unpaired) electrons. The highest BCUT2D eigenvalue weighted by Gasteiger charge is 2.07. The van der Waals surface area contributed by atoms with Gasteiger partial charge in [0.05, 0.1) is 13.7 Å². The topological polar surface area (TPSA) is 29.5 Å². The molecule has 1 aromatic rings. The van der Waals surface area contributed by atoms with Gasteiger partial charge in [-0.05, 0) is 24.6 Å². The van der Waals surface area contributed by atoms with Crippen LogP contribution in [-0.2, 0) is 6.61 Å². The molecular formula is C9H11FO2. The summed E-state index contributed by atoms with van der Waals surface area (Å²) < 4.78 is 17.8. The Morgan fingerprint density at radius 2 is 2.17 bits per heavy atom. The van der Waals surface area contributed by atoms with Crippen LogP contribution in [0.3, 0.4) is 0 Å². The van der Waals surface area contributed by atoms with E-state index in [1.807, 2.05) is 0 Å². The molecule has 3 heteroatoms. The summed E-state index contributed by atoms with van der Waals surface area (Å²) in [5.74, 6) is 0.205. The minimum atomic E-state index is -0.350. The number of aliphatic hydroxyl groups excluding tert-OH is 1. The van der Waals surface area contributed by atoms with Gasteiger partial charge in [-0.15, -0.1) is 0 Å². The highest BCUT2D eigenvalue weighted by Crippen LogP contribution is 2.24. The Kier molecular flexibility index (Phi) is 2.65. The van der Waals surface area contributed by atoms with E-state index in [4.69, 9.17) is 9.84 Å². The van der Waals surface area contributed by atoms with Gasteiger partial charge in [-0.3, -0.25) is 0 Å². The summed E-state index contributed by atoms with van der Waals surface area (Å²) in [7, 11) is 1.50. The molecule has 1 N–H and O–H groups in total. The quantitative estimate of drug-likeness (QED) is 0.731. The molecule has 0 aliphatic heterocycles. The standard InChI is InChI=1S/C9H11FO2/c1-6-3-8(10)4-7(5-11)9(6)12-2/h3-4,11H,5H2,1-2H3. The molecule has 1 rings (SSSR count). The SMILES string of the molecule is COc1c(C)cc(F)cc1CO. The average molecular weight is 170 g/mol. The Hall–Kier alpha value is -1.09. The second-order valence-electron chi connectivity index (χ2n) is 2.57. The van der Waals surface area contributed by atoms with E-state index >= 15 is 0 Å².